The minimum absolute atomic E-state index is 0.0536. The first-order valence-electron chi connectivity index (χ1n) is 11.0. The van der Waals surface area contributed by atoms with E-state index in [0.717, 1.165) is 17.7 Å². The molecule has 0 N–H and O–H groups in total. The number of halogens is 3. The summed E-state index contributed by atoms with van der Waals surface area (Å²) in [6.07, 6.45) is -4.14. The Labute approximate surface area is 196 Å². The molecule has 0 saturated heterocycles. The lowest BCUT2D eigenvalue weighted by molar-refractivity contribution is -0.137. The Bertz CT molecular complexity index is 1090. The van der Waals surface area contributed by atoms with Gasteiger partial charge in [-0.05, 0) is 41.3 Å². The van der Waals surface area contributed by atoms with Crippen LogP contribution in [0.3, 0.4) is 0 Å². The highest BCUT2D eigenvalue weighted by atomic mass is 19.4. The molecule has 1 amide bonds. The third-order valence-electron chi connectivity index (χ3n) is 5.52. The Hall–Kier alpha value is -3.23. The van der Waals surface area contributed by atoms with Crippen molar-refractivity contribution in [2.24, 2.45) is 10.6 Å². The Kier molecular flexibility index (Phi) is 6.47. The monoisotopic (exact) mass is 476 g/mol. The summed E-state index contributed by atoms with van der Waals surface area (Å²) in [5.74, 6) is 1.15. The van der Waals surface area contributed by atoms with Gasteiger partial charge in [-0.2, -0.15) is 13.2 Å². The predicted molar refractivity (Wildman–Crippen MR) is 120 cm³/mol. The first kappa shape index (κ1) is 23.9. The van der Waals surface area contributed by atoms with Gasteiger partial charge in [0.15, 0.2) is 17.6 Å². The molecule has 34 heavy (non-hydrogen) atoms. The van der Waals surface area contributed by atoms with Crippen LogP contribution in [-0.4, -0.2) is 36.0 Å². The van der Waals surface area contributed by atoms with E-state index in [2.05, 4.69) is 5.16 Å². The van der Waals surface area contributed by atoms with E-state index in [0.29, 0.717) is 29.2 Å². The van der Waals surface area contributed by atoms with Gasteiger partial charge in [0.2, 0.25) is 12.7 Å². The Morgan fingerprint density at radius 2 is 1.85 bits per heavy atom. The molecule has 0 aliphatic carbocycles. The van der Waals surface area contributed by atoms with Crippen molar-refractivity contribution in [2.45, 2.75) is 52.4 Å². The van der Waals surface area contributed by atoms with E-state index in [-0.39, 0.29) is 37.6 Å². The topological polar surface area (TPSA) is 60.4 Å². The van der Waals surface area contributed by atoms with Gasteiger partial charge in [0.25, 0.3) is 0 Å². The van der Waals surface area contributed by atoms with Crippen molar-refractivity contribution in [3.63, 3.8) is 0 Å². The predicted octanol–water partition coefficient (Wildman–Crippen LogP) is 5.39. The van der Waals surface area contributed by atoms with E-state index >= 15 is 0 Å². The normalized spacial score (nSPS) is 17.4. The Balaban J connectivity index is 1.47. The standard InChI is InChI=1S/C25H27F3N2O4/c1-24(2,3)12-23(31)30(13-16-5-4-6-18(9-16)25(26,27)28)14-19-11-20(29-34-19)17-7-8-21-22(10-17)33-15-32-21/h4-10,19H,11-15H2,1-3H3. The number of hydrogen-bond acceptors (Lipinski definition) is 5. The molecule has 2 aromatic carbocycles. The molecule has 0 radical (unpaired) electrons. The zero-order chi connectivity index (χ0) is 24.5. The molecule has 2 aliphatic rings. The van der Waals surface area contributed by atoms with Gasteiger partial charge in [-0.25, -0.2) is 0 Å². The molecule has 2 aromatic rings. The Morgan fingerprint density at radius 1 is 1.09 bits per heavy atom. The smallest absolute Gasteiger partial charge is 0.416 e. The highest BCUT2D eigenvalue weighted by Gasteiger charge is 2.32. The van der Waals surface area contributed by atoms with Crippen molar-refractivity contribution in [1.29, 1.82) is 0 Å². The third-order valence-corrected chi connectivity index (χ3v) is 5.52. The summed E-state index contributed by atoms with van der Waals surface area (Å²) in [5.41, 5.74) is 0.946. The summed E-state index contributed by atoms with van der Waals surface area (Å²) < 4.78 is 50.3. The molecule has 0 spiro atoms. The van der Waals surface area contributed by atoms with E-state index in [1.54, 1.807) is 17.0 Å². The van der Waals surface area contributed by atoms with Gasteiger partial charge in [0.05, 0.1) is 17.8 Å². The lowest BCUT2D eigenvalue weighted by Gasteiger charge is -2.28. The second kappa shape index (κ2) is 9.19. The average Bonchev–Trinajstić information content (AvgIpc) is 3.40. The fourth-order valence-corrected chi connectivity index (χ4v) is 3.91. The minimum atomic E-state index is -4.45. The molecule has 0 saturated carbocycles. The van der Waals surface area contributed by atoms with Crippen LogP contribution in [0.25, 0.3) is 0 Å². The maximum absolute atomic E-state index is 13.2. The van der Waals surface area contributed by atoms with Crippen molar-refractivity contribution in [1.82, 2.24) is 4.90 Å². The molecular formula is C25H27F3N2O4. The molecule has 2 aliphatic heterocycles. The minimum Gasteiger partial charge on any atom is -0.454 e. The molecule has 4 rings (SSSR count). The van der Waals surface area contributed by atoms with Gasteiger partial charge < -0.3 is 19.2 Å². The van der Waals surface area contributed by atoms with Crippen molar-refractivity contribution < 1.29 is 32.3 Å². The molecule has 9 heteroatoms. The highest BCUT2D eigenvalue weighted by Crippen LogP contribution is 2.34. The maximum Gasteiger partial charge on any atom is 0.416 e. The lowest BCUT2D eigenvalue weighted by atomic mass is 9.91. The number of benzene rings is 2. The first-order chi connectivity index (χ1) is 16.0. The SMILES string of the molecule is CC(C)(C)CC(=O)N(Cc1cccc(C(F)(F)F)c1)CC1CC(c2ccc3c(c2)OCO3)=NO1. The summed E-state index contributed by atoms with van der Waals surface area (Å²) in [5, 5.41) is 4.19. The van der Waals surface area contributed by atoms with Crippen LogP contribution >= 0.6 is 0 Å². The summed E-state index contributed by atoms with van der Waals surface area (Å²) in [7, 11) is 0. The van der Waals surface area contributed by atoms with Crippen LogP contribution in [-0.2, 0) is 22.4 Å². The van der Waals surface area contributed by atoms with Crippen molar-refractivity contribution >= 4 is 11.6 Å². The average molecular weight is 476 g/mol. The lowest BCUT2D eigenvalue weighted by Crippen LogP contribution is -2.38. The second-order valence-electron chi connectivity index (χ2n) is 9.75. The molecule has 0 aromatic heterocycles. The number of nitrogens with zero attached hydrogens (tertiary/aromatic N) is 2. The number of amides is 1. The summed E-state index contributed by atoms with van der Waals surface area (Å²) in [6.45, 7) is 6.27. The van der Waals surface area contributed by atoms with Gasteiger partial charge in [0.1, 0.15) is 0 Å². The van der Waals surface area contributed by atoms with Crippen molar-refractivity contribution in [2.75, 3.05) is 13.3 Å². The number of carbonyl (C=O) groups excluding carboxylic acids is 1. The van der Waals surface area contributed by atoms with Crippen LogP contribution in [0.1, 0.15) is 50.3 Å². The number of ether oxygens (including phenoxy) is 2. The fourth-order valence-electron chi connectivity index (χ4n) is 3.91. The van der Waals surface area contributed by atoms with E-state index < -0.39 is 17.8 Å². The number of oxime groups is 1. The summed E-state index contributed by atoms with van der Waals surface area (Å²) in [4.78, 5) is 20.3. The molecule has 0 fully saturated rings. The number of fused-ring (bicyclic) bond motifs is 1. The van der Waals surface area contributed by atoms with E-state index in [1.807, 2.05) is 32.9 Å². The van der Waals surface area contributed by atoms with Gasteiger partial charge in [-0.15, -0.1) is 0 Å². The number of alkyl halides is 3. The maximum atomic E-state index is 13.2. The van der Waals surface area contributed by atoms with E-state index in [1.165, 1.54) is 6.07 Å². The third kappa shape index (κ3) is 5.81. The quantitative estimate of drug-likeness (QED) is 0.561. The van der Waals surface area contributed by atoms with E-state index in [4.69, 9.17) is 14.3 Å². The zero-order valence-electron chi connectivity index (χ0n) is 19.3. The summed E-state index contributed by atoms with van der Waals surface area (Å²) >= 11 is 0. The molecule has 1 unspecified atom stereocenters. The molecule has 0 bridgehead atoms. The van der Waals surface area contributed by atoms with Gasteiger partial charge in [0, 0.05) is 24.9 Å². The van der Waals surface area contributed by atoms with Crippen LogP contribution in [0.2, 0.25) is 0 Å². The van der Waals surface area contributed by atoms with Gasteiger partial charge in [-0.1, -0.05) is 38.1 Å². The zero-order valence-corrected chi connectivity index (χ0v) is 19.3. The number of carbonyl (C=O) groups is 1. The fraction of sp³-hybridized carbons (Fsp3) is 0.440. The molecular weight excluding hydrogens is 449 g/mol. The van der Waals surface area contributed by atoms with Crippen LogP contribution in [0.4, 0.5) is 13.2 Å². The van der Waals surface area contributed by atoms with Crippen LogP contribution < -0.4 is 9.47 Å². The van der Waals surface area contributed by atoms with Crippen LogP contribution in [0.15, 0.2) is 47.6 Å². The van der Waals surface area contributed by atoms with Crippen LogP contribution in [0.5, 0.6) is 11.5 Å². The molecule has 1 atom stereocenters. The molecule has 182 valence electrons. The molecule has 2 heterocycles. The number of hydrogen-bond donors (Lipinski definition) is 0. The van der Waals surface area contributed by atoms with Crippen molar-refractivity contribution in [3.8, 4) is 11.5 Å². The van der Waals surface area contributed by atoms with Crippen molar-refractivity contribution in [3.05, 3.63) is 59.2 Å². The summed E-state index contributed by atoms with van der Waals surface area (Å²) in [6, 6.07) is 10.6. The number of rotatable bonds is 6. The van der Waals surface area contributed by atoms with Gasteiger partial charge in [-0.3, -0.25) is 4.79 Å². The molecule has 6 nitrogen and oxygen atoms in total. The van der Waals surface area contributed by atoms with E-state index in [9.17, 15) is 18.0 Å². The second-order valence-corrected chi connectivity index (χ2v) is 9.75. The largest absolute Gasteiger partial charge is 0.454 e. The van der Waals surface area contributed by atoms with Crippen LogP contribution in [0, 0.1) is 5.41 Å². The highest BCUT2D eigenvalue weighted by molar-refractivity contribution is 6.01. The first-order valence-corrected chi connectivity index (χ1v) is 11.0. The van der Waals surface area contributed by atoms with Gasteiger partial charge >= 0.3 is 6.18 Å². The Morgan fingerprint density at radius 3 is 2.59 bits per heavy atom.